The molecule has 1 aromatic heterocycles. The largest absolute Gasteiger partial charge is 0.471 e. The van der Waals surface area contributed by atoms with Crippen LogP contribution >= 0.6 is 0 Å². The zero-order valence-electron chi connectivity index (χ0n) is 14.3. The van der Waals surface area contributed by atoms with Crippen molar-refractivity contribution in [3.05, 3.63) is 48.9 Å². The Labute approximate surface area is 151 Å². The number of amides is 2. The number of anilines is 1. The number of nitrogens with zero attached hydrogens (tertiary/aromatic N) is 4. The highest BCUT2D eigenvalue weighted by molar-refractivity contribution is 6.00. The van der Waals surface area contributed by atoms with Crippen molar-refractivity contribution in [1.82, 2.24) is 14.9 Å². The minimum absolute atomic E-state index is 0.00102. The molecule has 0 N–H and O–H groups in total. The summed E-state index contributed by atoms with van der Waals surface area (Å²) in [5, 5.41) is 0. The predicted molar refractivity (Wildman–Crippen MR) is 94.5 cm³/mol. The van der Waals surface area contributed by atoms with Crippen LogP contribution in [0.1, 0.15) is 12.8 Å². The lowest BCUT2D eigenvalue weighted by Crippen LogP contribution is -2.37. The van der Waals surface area contributed by atoms with Crippen LogP contribution in [-0.2, 0) is 9.59 Å². The van der Waals surface area contributed by atoms with Gasteiger partial charge in [-0.25, -0.2) is 4.98 Å². The van der Waals surface area contributed by atoms with Gasteiger partial charge in [0, 0.05) is 44.0 Å². The average molecular weight is 352 g/mol. The van der Waals surface area contributed by atoms with Crippen molar-refractivity contribution in [2.24, 2.45) is 5.92 Å². The molecule has 2 atom stereocenters. The molecule has 0 saturated carbocycles. The van der Waals surface area contributed by atoms with Crippen LogP contribution in [0.3, 0.4) is 0 Å². The van der Waals surface area contributed by atoms with Crippen LogP contribution in [0.15, 0.2) is 48.9 Å². The summed E-state index contributed by atoms with van der Waals surface area (Å²) >= 11 is 0. The van der Waals surface area contributed by atoms with Crippen molar-refractivity contribution in [1.29, 1.82) is 0 Å². The number of hydrogen-bond acceptors (Lipinski definition) is 5. The third kappa shape index (κ3) is 3.37. The molecule has 2 unspecified atom stereocenters. The number of hydrogen-bond donors (Lipinski definition) is 0. The molecule has 7 nitrogen and oxygen atoms in total. The molecule has 2 aliphatic heterocycles. The van der Waals surface area contributed by atoms with E-state index in [1.54, 1.807) is 28.4 Å². The molecule has 0 aliphatic carbocycles. The van der Waals surface area contributed by atoms with Gasteiger partial charge < -0.3 is 14.5 Å². The fourth-order valence-corrected chi connectivity index (χ4v) is 3.53. The molecule has 0 spiro atoms. The summed E-state index contributed by atoms with van der Waals surface area (Å²) in [6.07, 6.45) is 5.67. The molecule has 2 saturated heterocycles. The Morgan fingerprint density at radius 2 is 2.00 bits per heavy atom. The maximum absolute atomic E-state index is 12.8. The van der Waals surface area contributed by atoms with Gasteiger partial charge in [0.1, 0.15) is 6.10 Å². The standard InChI is InChI=1S/C19H20N4O3/c24-18-10-14(12-23(18)15-4-2-1-3-5-15)19(25)22-9-6-16(13-22)26-17-11-20-7-8-21-17/h1-5,7-8,11,14,16H,6,9-10,12-13H2. The van der Waals surface area contributed by atoms with Crippen LogP contribution in [0.4, 0.5) is 5.69 Å². The first-order chi connectivity index (χ1) is 12.7. The minimum Gasteiger partial charge on any atom is -0.471 e. The van der Waals surface area contributed by atoms with E-state index in [2.05, 4.69) is 9.97 Å². The van der Waals surface area contributed by atoms with E-state index in [9.17, 15) is 9.59 Å². The van der Waals surface area contributed by atoms with Gasteiger partial charge in [0.25, 0.3) is 0 Å². The van der Waals surface area contributed by atoms with Gasteiger partial charge in [-0.1, -0.05) is 18.2 Å². The smallest absolute Gasteiger partial charge is 0.232 e. The molecule has 2 amide bonds. The van der Waals surface area contributed by atoms with Gasteiger partial charge >= 0.3 is 0 Å². The fourth-order valence-electron chi connectivity index (χ4n) is 3.53. The van der Waals surface area contributed by atoms with Crippen molar-refractivity contribution in [2.45, 2.75) is 18.9 Å². The van der Waals surface area contributed by atoms with Crippen LogP contribution in [-0.4, -0.2) is 52.4 Å². The summed E-state index contributed by atoms with van der Waals surface area (Å²) in [6.45, 7) is 1.60. The second-order valence-electron chi connectivity index (χ2n) is 6.60. The average Bonchev–Trinajstić information content (AvgIpc) is 3.29. The first-order valence-electron chi connectivity index (χ1n) is 8.77. The predicted octanol–water partition coefficient (Wildman–Crippen LogP) is 1.51. The monoisotopic (exact) mass is 352 g/mol. The topological polar surface area (TPSA) is 75.6 Å². The number of carbonyl (C=O) groups is 2. The van der Waals surface area contributed by atoms with Gasteiger partial charge in [-0.2, -0.15) is 0 Å². The molecular weight excluding hydrogens is 332 g/mol. The molecule has 1 aromatic carbocycles. The van der Waals surface area contributed by atoms with Gasteiger partial charge in [0.2, 0.25) is 17.7 Å². The lowest BCUT2D eigenvalue weighted by atomic mass is 10.1. The van der Waals surface area contributed by atoms with Crippen molar-refractivity contribution in [3.8, 4) is 5.88 Å². The number of aromatic nitrogens is 2. The van der Waals surface area contributed by atoms with E-state index in [4.69, 9.17) is 4.74 Å². The van der Waals surface area contributed by atoms with E-state index >= 15 is 0 Å². The Balaban J connectivity index is 1.36. The molecule has 0 bridgehead atoms. The van der Waals surface area contributed by atoms with E-state index in [-0.39, 0.29) is 30.3 Å². The lowest BCUT2D eigenvalue weighted by molar-refractivity contribution is -0.135. The van der Waals surface area contributed by atoms with E-state index in [0.717, 1.165) is 12.1 Å². The third-order valence-corrected chi connectivity index (χ3v) is 4.83. The van der Waals surface area contributed by atoms with E-state index in [0.29, 0.717) is 25.5 Å². The van der Waals surface area contributed by atoms with Crippen molar-refractivity contribution in [3.63, 3.8) is 0 Å². The van der Waals surface area contributed by atoms with Crippen LogP contribution < -0.4 is 9.64 Å². The summed E-state index contributed by atoms with van der Waals surface area (Å²) in [4.78, 5) is 36.7. The highest BCUT2D eigenvalue weighted by atomic mass is 16.5. The molecule has 0 radical (unpaired) electrons. The van der Waals surface area contributed by atoms with Crippen LogP contribution in [0.25, 0.3) is 0 Å². The summed E-state index contributed by atoms with van der Waals surface area (Å²) < 4.78 is 5.79. The van der Waals surface area contributed by atoms with E-state index in [1.165, 1.54) is 0 Å². The summed E-state index contributed by atoms with van der Waals surface area (Å²) in [6, 6.07) is 9.49. The lowest BCUT2D eigenvalue weighted by Gasteiger charge is -2.21. The second kappa shape index (κ2) is 7.11. The SMILES string of the molecule is O=C(C1CC(=O)N(c2ccccc2)C1)N1CCC(Oc2cnccn2)C1. The van der Waals surface area contributed by atoms with Gasteiger partial charge in [0.15, 0.2) is 0 Å². The van der Waals surface area contributed by atoms with Gasteiger partial charge in [0.05, 0.1) is 18.7 Å². The van der Waals surface area contributed by atoms with Crippen LogP contribution in [0.2, 0.25) is 0 Å². The van der Waals surface area contributed by atoms with Crippen molar-refractivity contribution >= 4 is 17.5 Å². The van der Waals surface area contributed by atoms with Gasteiger partial charge in [-0.3, -0.25) is 14.6 Å². The molecule has 2 aromatic rings. The normalized spacial score (nSPS) is 22.7. The molecule has 4 rings (SSSR count). The number of ether oxygens (including phenoxy) is 1. The minimum atomic E-state index is -0.294. The Kier molecular flexibility index (Phi) is 4.51. The number of rotatable bonds is 4. The molecule has 3 heterocycles. The molecule has 134 valence electrons. The molecule has 2 fully saturated rings. The first kappa shape index (κ1) is 16.5. The number of benzene rings is 1. The maximum Gasteiger partial charge on any atom is 0.232 e. The van der Waals surface area contributed by atoms with Crippen LogP contribution in [0, 0.1) is 5.92 Å². The van der Waals surface area contributed by atoms with Crippen molar-refractivity contribution < 1.29 is 14.3 Å². The molecule has 2 aliphatic rings. The zero-order chi connectivity index (χ0) is 17.9. The molecular formula is C19H20N4O3. The Morgan fingerprint density at radius 1 is 1.15 bits per heavy atom. The van der Waals surface area contributed by atoms with Crippen molar-refractivity contribution in [2.75, 3.05) is 24.5 Å². The Hall–Kier alpha value is -2.96. The quantitative estimate of drug-likeness (QED) is 0.834. The second-order valence-corrected chi connectivity index (χ2v) is 6.60. The third-order valence-electron chi connectivity index (χ3n) is 4.83. The highest BCUT2D eigenvalue weighted by Gasteiger charge is 2.39. The summed E-state index contributed by atoms with van der Waals surface area (Å²) in [7, 11) is 0. The zero-order valence-corrected chi connectivity index (χ0v) is 14.3. The fraction of sp³-hybridized carbons (Fsp3) is 0.368. The molecule has 7 heteroatoms. The number of para-hydroxylation sites is 1. The Morgan fingerprint density at radius 3 is 2.77 bits per heavy atom. The van der Waals surface area contributed by atoms with E-state index in [1.807, 2.05) is 30.3 Å². The van der Waals surface area contributed by atoms with Gasteiger partial charge in [-0.05, 0) is 12.1 Å². The first-order valence-corrected chi connectivity index (χ1v) is 8.77. The number of carbonyl (C=O) groups excluding carboxylic acids is 2. The van der Waals surface area contributed by atoms with E-state index < -0.39 is 0 Å². The van der Waals surface area contributed by atoms with Gasteiger partial charge in [-0.15, -0.1) is 0 Å². The summed E-state index contributed by atoms with van der Waals surface area (Å²) in [5.41, 5.74) is 0.845. The summed E-state index contributed by atoms with van der Waals surface area (Å²) in [5.74, 6) is 0.208. The number of likely N-dealkylation sites (tertiary alicyclic amines) is 1. The van der Waals surface area contributed by atoms with Crippen LogP contribution in [0.5, 0.6) is 5.88 Å². The highest BCUT2D eigenvalue weighted by Crippen LogP contribution is 2.27. The maximum atomic E-state index is 12.8. The molecule has 26 heavy (non-hydrogen) atoms. The Bertz CT molecular complexity index is 784.